The number of anilines is 1. The number of aromatic nitrogens is 2. The minimum atomic E-state index is -1.31. The van der Waals surface area contributed by atoms with Gasteiger partial charge in [-0.15, -0.1) is 11.8 Å². The number of carboxylic acids is 2. The number of carbonyl (C=O) groups is 4. The Labute approximate surface area is 208 Å². The maximum absolute atomic E-state index is 13.0. The van der Waals surface area contributed by atoms with Gasteiger partial charge in [-0.1, -0.05) is 17.3 Å². The van der Waals surface area contributed by atoms with Gasteiger partial charge in [-0.05, 0) is 12.1 Å². The van der Waals surface area contributed by atoms with Gasteiger partial charge < -0.3 is 26.1 Å². The van der Waals surface area contributed by atoms with Gasteiger partial charge in [0.1, 0.15) is 28.6 Å². The molecule has 0 bridgehead atoms. The van der Waals surface area contributed by atoms with Crippen molar-refractivity contribution in [3.8, 4) is 0 Å². The number of carbonyl (C=O) groups excluding carboxylic acids is 2. The standard InChI is InChI=1S/C22H20N6O7S/c23-14-6-4-5-13(24-14)16(26-35-10-15(29)30)19(31)25-17-20(32)28-18(22(33)34)12(11-36-21(17)28)9-27-7-2-1-3-8-27/h1-8,17,21H,9-11H2,(H4-,23,24,25,29,30,31,33,34)/p+1/t17?,21-/m0/s1. The van der Waals surface area contributed by atoms with Gasteiger partial charge in [-0.25, -0.2) is 19.1 Å². The second-order valence-corrected chi connectivity index (χ2v) is 8.83. The van der Waals surface area contributed by atoms with E-state index >= 15 is 0 Å². The average molecular weight is 514 g/mol. The summed E-state index contributed by atoms with van der Waals surface area (Å²) in [5.74, 6) is -3.58. The Hall–Kier alpha value is -4.46. The minimum absolute atomic E-state index is 0.00566. The molecule has 0 aliphatic carbocycles. The lowest BCUT2D eigenvalue weighted by Gasteiger charge is -2.49. The Morgan fingerprint density at radius 1 is 1.22 bits per heavy atom. The highest BCUT2D eigenvalue weighted by molar-refractivity contribution is 8.00. The van der Waals surface area contributed by atoms with Crippen molar-refractivity contribution in [2.24, 2.45) is 5.16 Å². The Balaban J connectivity index is 1.54. The normalized spacial score (nSPS) is 19.3. The van der Waals surface area contributed by atoms with Gasteiger partial charge in [0.05, 0.1) is 0 Å². The fraction of sp³-hybridized carbons (Fsp3) is 0.227. The molecule has 1 saturated heterocycles. The average Bonchev–Trinajstić information content (AvgIpc) is 2.85. The number of hydrogen-bond donors (Lipinski definition) is 4. The van der Waals surface area contributed by atoms with Crippen molar-refractivity contribution in [1.29, 1.82) is 0 Å². The molecular formula is C22H21N6O7S+. The summed E-state index contributed by atoms with van der Waals surface area (Å²) in [6.45, 7) is -0.509. The fourth-order valence-corrected chi connectivity index (χ4v) is 5.05. The third-order valence-corrected chi connectivity index (χ3v) is 6.60. The Bertz CT molecular complexity index is 1280. The SMILES string of the molecule is Nc1cccc(C(=NOCC(=O)O)C(=O)NC2C(=O)N3C(C(=O)O)=C(C[n+]4ccccc4)CS[C@@H]23)n1. The molecule has 5 N–H and O–H groups in total. The van der Waals surface area contributed by atoms with Crippen LogP contribution in [0.15, 0.2) is 65.2 Å². The van der Waals surface area contributed by atoms with E-state index in [2.05, 4.69) is 15.5 Å². The summed E-state index contributed by atoms with van der Waals surface area (Å²) >= 11 is 1.32. The van der Waals surface area contributed by atoms with E-state index in [1.807, 2.05) is 18.2 Å². The lowest BCUT2D eigenvalue weighted by Crippen LogP contribution is -2.71. The van der Waals surface area contributed by atoms with Crippen molar-refractivity contribution in [2.45, 2.75) is 18.0 Å². The maximum Gasteiger partial charge on any atom is 0.352 e. The summed E-state index contributed by atoms with van der Waals surface area (Å²) in [7, 11) is 0. The summed E-state index contributed by atoms with van der Waals surface area (Å²) in [4.78, 5) is 58.7. The van der Waals surface area contributed by atoms with Crippen LogP contribution in [0.3, 0.4) is 0 Å². The van der Waals surface area contributed by atoms with Crippen LogP contribution in [-0.4, -0.2) is 73.3 Å². The number of hydrogen-bond acceptors (Lipinski definition) is 9. The molecule has 0 aromatic carbocycles. The highest BCUT2D eigenvalue weighted by Gasteiger charge is 2.54. The van der Waals surface area contributed by atoms with Gasteiger partial charge in [0.25, 0.3) is 11.8 Å². The molecule has 186 valence electrons. The number of amides is 2. The zero-order valence-electron chi connectivity index (χ0n) is 18.6. The monoisotopic (exact) mass is 513 g/mol. The number of rotatable bonds is 9. The summed E-state index contributed by atoms with van der Waals surface area (Å²) < 4.78 is 1.81. The predicted molar refractivity (Wildman–Crippen MR) is 125 cm³/mol. The number of oxime groups is 1. The van der Waals surface area contributed by atoms with Crippen LogP contribution in [0.1, 0.15) is 5.69 Å². The largest absolute Gasteiger partial charge is 0.479 e. The van der Waals surface area contributed by atoms with E-state index in [1.54, 1.807) is 17.0 Å². The van der Waals surface area contributed by atoms with Crippen LogP contribution in [0, 0.1) is 0 Å². The summed E-state index contributed by atoms with van der Waals surface area (Å²) in [5, 5.41) is 24.1. The molecule has 13 nitrogen and oxygen atoms in total. The van der Waals surface area contributed by atoms with Gasteiger partial charge in [0.15, 0.2) is 24.7 Å². The van der Waals surface area contributed by atoms with Crippen LogP contribution in [0.2, 0.25) is 0 Å². The number of fused-ring (bicyclic) bond motifs is 1. The summed E-state index contributed by atoms with van der Waals surface area (Å²) in [6, 6.07) is 8.85. The Kier molecular flexibility index (Phi) is 7.15. The first-order valence-corrected chi connectivity index (χ1v) is 11.6. The molecule has 0 radical (unpaired) electrons. The summed E-state index contributed by atoms with van der Waals surface area (Å²) in [5.41, 5.74) is 5.75. The van der Waals surface area contributed by atoms with Gasteiger partial charge in [-0.2, -0.15) is 0 Å². The van der Waals surface area contributed by atoms with Gasteiger partial charge >= 0.3 is 11.9 Å². The highest BCUT2D eigenvalue weighted by Crippen LogP contribution is 2.40. The highest BCUT2D eigenvalue weighted by atomic mass is 32.2. The van der Waals surface area contributed by atoms with Crippen LogP contribution in [-0.2, 0) is 30.6 Å². The molecular weight excluding hydrogens is 492 g/mol. The number of thioether (sulfide) groups is 1. The van der Waals surface area contributed by atoms with Crippen molar-refractivity contribution in [3.63, 3.8) is 0 Å². The number of aliphatic carboxylic acids is 2. The molecule has 2 aliphatic heterocycles. The topological polar surface area (TPSA) is 188 Å². The molecule has 2 amide bonds. The third-order valence-electron chi connectivity index (χ3n) is 5.26. The van der Waals surface area contributed by atoms with Crippen molar-refractivity contribution in [1.82, 2.24) is 15.2 Å². The number of nitrogens with two attached hydrogens (primary N) is 1. The molecule has 2 aromatic heterocycles. The van der Waals surface area contributed by atoms with E-state index in [0.717, 1.165) is 4.90 Å². The molecule has 1 fully saturated rings. The number of pyridine rings is 2. The lowest BCUT2D eigenvalue weighted by atomic mass is 10.0. The smallest absolute Gasteiger partial charge is 0.352 e. The molecule has 0 spiro atoms. The van der Waals surface area contributed by atoms with E-state index in [-0.39, 0.29) is 22.9 Å². The predicted octanol–water partition coefficient (Wildman–Crippen LogP) is -0.805. The number of nitrogen functional groups attached to an aromatic ring is 1. The molecule has 2 atom stereocenters. The maximum atomic E-state index is 13.0. The van der Waals surface area contributed by atoms with Crippen LogP contribution >= 0.6 is 11.8 Å². The van der Waals surface area contributed by atoms with Crippen molar-refractivity contribution in [3.05, 3.63) is 65.8 Å². The lowest BCUT2D eigenvalue weighted by molar-refractivity contribution is -0.689. The zero-order valence-corrected chi connectivity index (χ0v) is 19.4. The number of nitrogens with zero attached hydrogens (tertiary/aromatic N) is 4. The van der Waals surface area contributed by atoms with Gasteiger partial charge in [0.2, 0.25) is 6.61 Å². The molecule has 2 aliphatic rings. The van der Waals surface area contributed by atoms with Gasteiger partial charge in [-0.3, -0.25) is 14.5 Å². The first-order valence-electron chi connectivity index (χ1n) is 10.6. The molecule has 2 aromatic rings. The first kappa shape index (κ1) is 24.7. The van der Waals surface area contributed by atoms with Crippen LogP contribution in [0.4, 0.5) is 5.82 Å². The van der Waals surface area contributed by atoms with Gasteiger partial charge in [0, 0.05) is 23.5 Å². The molecule has 1 unspecified atom stereocenters. The molecule has 0 saturated carbocycles. The van der Waals surface area contributed by atoms with E-state index in [4.69, 9.17) is 15.7 Å². The summed E-state index contributed by atoms with van der Waals surface area (Å²) in [6.07, 6.45) is 3.59. The fourth-order valence-electron chi connectivity index (χ4n) is 3.71. The zero-order chi connectivity index (χ0) is 25.8. The van der Waals surface area contributed by atoms with E-state index in [0.29, 0.717) is 17.9 Å². The number of β-lactam (4-membered cyclic amide) rings is 1. The molecule has 4 rings (SSSR count). The van der Waals surface area contributed by atoms with E-state index in [1.165, 1.54) is 30.0 Å². The van der Waals surface area contributed by atoms with Crippen LogP contribution in [0.5, 0.6) is 0 Å². The first-order chi connectivity index (χ1) is 17.3. The third kappa shape index (κ3) is 5.12. The second-order valence-electron chi connectivity index (χ2n) is 7.72. The van der Waals surface area contributed by atoms with E-state index < -0.39 is 41.8 Å². The van der Waals surface area contributed by atoms with Crippen LogP contribution < -0.4 is 15.6 Å². The van der Waals surface area contributed by atoms with Crippen molar-refractivity contribution in [2.75, 3.05) is 18.1 Å². The number of carboxylic acid groups (broad SMARTS) is 2. The van der Waals surface area contributed by atoms with Crippen molar-refractivity contribution < 1.29 is 38.8 Å². The minimum Gasteiger partial charge on any atom is -0.479 e. The van der Waals surface area contributed by atoms with Crippen molar-refractivity contribution >= 4 is 47.0 Å². The quantitative estimate of drug-likeness (QED) is 0.143. The second kappa shape index (κ2) is 10.4. The Morgan fingerprint density at radius 2 is 1.97 bits per heavy atom. The van der Waals surface area contributed by atoms with E-state index in [9.17, 15) is 24.3 Å². The molecule has 4 heterocycles. The number of nitrogens with one attached hydrogen (secondary N) is 1. The Morgan fingerprint density at radius 3 is 2.64 bits per heavy atom. The molecule has 14 heteroatoms. The molecule has 36 heavy (non-hydrogen) atoms. The van der Waals surface area contributed by atoms with Crippen LogP contribution in [0.25, 0.3) is 0 Å².